The fourth-order valence-corrected chi connectivity index (χ4v) is 3.26. The van der Waals surface area contributed by atoms with Gasteiger partial charge in [-0.15, -0.1) is 11.3 Å². The monoisotopic (exact) mass is 214 g/mol. The summed E-state index contributed by atoms with van der Waals surface area (Å²) in [6.45, 7) is 1.08. The normalized spacial score (nSPS) is 22.9. The lowest BCUT2D eigenvalue weighted by molar-refractivity contribution is 0.677. The Balaban J connectivity index is 1.72. The Morgan fingerprint density at radius 3 is 3.23 bits per heavy atom. The molecule has 2 heterocycles. The van der Waals surface area contributed by atoms with Gasteiger partial charge in [0.25, 0.3) is 0 Å². The van der Waals surface area contributed by atoms with Gasteiger partial charge in [0, 0.05) is 23.4 Å². The van der Waals surface area contributed by atoms with Crippen LogP contribution >= 0.6 is 23.1 Å². The Morgan fingerprint density at radius 1 is 1.54 bits per heavy atom. The summed E-state index contributed by atoms with van der Waals surface area (Å²) in [6.07, 6.45) is 6.01. The third kappa shape index (κ3) is 2.88. The quantitative estimate of drug-likeness (QED) is 0.837. The van der Waals surface area contributed by atoms with Crippen LogP contribution in [0.1, 0.15) is 19.3 Å². The zero-order chi connectivity index (χ0) is 8.93. The molecule has 0 radical (unpaired) electrons. The second-order valence-corrected chi connectivity index (χ2v) is 5.51. The van der Waals surface area contributed by atoms with Crippen LogP contribution in [0.5, 0.6) is 0 Å². The van der Waals surface area contributed by atoms with Gasteiger partial charge in [0.05, 0.1) is 0 Å². The van der Waals surface area contributed by atoms with E-state index in [4.69, 9.17) is 0 Å². The number of hydrogen-bond acceptors (Lipinski definition) is 4. The maximum atomic E-state index is 4.20. The van der Waals surface area contributed by atoms with E-state index in [0.717, 1.165) is 16.9 Å². The number of thioether (sulfide) groups is 1. The lowest BCUT2D eigenvalue weighted by Crippen LogP contribution is -2.19. The van der Waals surface area contributed by atoms with Gasteiger partial charge in [-0.05, 0) is 18.6 Å². The number of nitrogens with one attached hydrogen (secondary N) is 1. The summed E-state index contributed by atoms with van der Waals surface area (Å²) in [5.74, 6) is 1.34. The number of aromatic nitrogens is 1. The fraction of sp³-hybridized carbons (Fsp3) is 0.667. The molecule has 4 heteroatoms. The number of thiazole rings is 1. The molecule has 1 unspecified atom stereocenters. The van der Waals surface area contributed by atoms with E-state index in [1.54, 1.807) is 11.3 Å². The van der Waals surface area contributed by atoms with E-state index in [-0.39, 0.29) is 0 Å². The van der Waals surface area contributed by atoms with Crippen molar-refractivity contribution in [2.24, 2.45) is 0 Å². The van der Waals surface area contributed by atoms with Gasteiger partial charge in [-0.25, -0.2) is 4.98 Å². The summed E-state index contributed by atoms with van der Waals surface area (Å²) in [7, 11) is 0. The number of rotatable bonds is 3. The summed E-state index contributed by atoms with van der Waals surface area (Å²) in [5, 5.41) is 7.26. The highest BCUT2D eigenvalue weighted by Crippen LogP contribution is 2.25. The summed E-state index contributed by atoms with van der Waals surface area (Å²) < 4.78 is 0. The van der Waals surface area contributed by atoms with E-state index in [1.165, 1.54) is 25.0 Å². The van der Waals surface area contributed by atoms with Crippen LogP contribution in [-0.2, 0) is 0 Å². The smallest absolute Gasteiger partial charge is 0.182 e. The first-order valence-corrected chi connectivity index (χ1v) is 6.63. The lowest BCUT2D eigenvalue weighted by atomic mass is 10.2. The Labute approximate surface area is 87.1 Å². The number of nitrogens with zero attached hydrogens (tertiary/aromatic N) is 1. The molecule has 0 aromatic carbocycles. The average molecular weight is 214 g/mol. The number of hydrogen-bond donors (Lipinski definition) is 1. The predicted octanol–water partition coefficient (Wildman–Crippen LogP) is 2.84. The Morgan fingerprint density at radius 2 is 2.54 bits per heavy atom. The molecule has 0 spiro atoms. The molecule has 0 amide bonds. The molecule has 72 valence electrons. The van der Waals surface area contributed by atoms with Crippen LogP contribution in [0.15, 0.2) is 11.6 Å². The van der Waals surface area contributed by atoms with E-state index in [2.05, 4.69) is 22.1 Å². The van der Waals surface area contributed by atoms with Crippen molar-refractivity contribution in [3.8, 4) is 0 Å². The number of anilines is 1. The maximum Gasteiger partial charge on any atom is 0.182 e. The molecular weight excluding hydrogens is 200 g/mol. The molecule has 1 aliphatic heterocycles. The highest BCUT2D eigenvalue weighted by atomic mass is 32.2. The Kier molecular flexibility index (Phi) is 3.49. The first-order chi connectivity index (χ1) is 6.45. The molecular formula is C9H14N2S2. The molecule has 1 aliphatic rings. The minimum absolute atomic E-state index is 0.803. The molecule has 1 aromatic heterocycles. The third-order valence-corrected chi connectivity index (χ3v) is 4.32. The van der Waals surface area contributed by atoms with Gasteiger partial charge in [0.2, 0.25) is 0 Å². The largest absolute Gasteiger partial charge is 0.360 e. The van der Waals surface area contributed by atoms with E-state index in [9.17, 15) is 0 Å². The second kappa shape index (κ2) is 4.86. The van der Waals surface area contributed by atoms with Crippen molar-refractivity contribution >= 4 is 28.2 Å². The topological polar surface area (TPSA) is 24.9 Å². The molecule has 2 nitrogen and oxygen atoms in total. The Hall–Kier alpha value is -0.220. The summed E-state index contributed by atoms with van der Waals surface area (Å²) in [4.78, 5) is 4.20. The summed E-state index contributed by atoms with van der Waals surface area (Å²) in [6, 6.07) is 0. The molecule has 2 rings (SSSR count). The van der Waals surface area contributed by atoms with Crippen molar-refractivity contribution in [3.05, 3.63) is 11.6 Å². The average Bonchev–Trinajstić information content (AvgIpc) is 2.69. The third-order valence-electron chi connectivity index (χ3n) is 2.19. The van der Waals surface area contributed by atoms with Gasteiger partial charge in [-0.1, -0.05) is 6.42 Å². The van der Waals surface area contributed by atoms with E-state index in [0.29, 0.717) is 0 Å². The van der Waals surface area contributed by atoms with Crippen LogP contribution in [-0.4, -0.2) is 22.5 Å². The fourth-order valence-electron chi connectivity index (χ4n) is 1.48. The summed E-state index contributed by atoms with van der Waals surface area (Å²) in [5.41, 5.74) is 0. The summed E-state index contributed by atoms with van der Waals surface area (Å²) >= 11 is 3.78. The van der Waals surface area contributed by atoms with Gasteiger partial charge in [0.1, 0.15) is 0 Å². The predicted molar refractivity (Wildman–Crippen MR) is 60.7 cm³/mol. The van der Waals surface area contributed by atoms with Gasteiger partial charge in [-0.3, -0.25) is 0 Å². The molecule has 1 fully saturated rings. The molecule has 1 saturated heterocycles. The molecule has 0 bridgehead atoms. The molecule has 0 saturated carbocycles. The SMILES string of the molecule is c1csc(NCC2CCCCS2)n1. The molecule has 13 heavy (non-hydrogen) atoms. The van der Waals surface area contributed by atoms with Crippen LogP contribution in [0.25, 0.3) is 0 Å². The highest BCUT2D eigenvalue weighted by molar-refractivity contribution is 7.99. The van der Waals surface area contributed by atoms with Crippen LogP contribution in [0.4, 0.5) is 5.13 Å². The first kappa shape index (κ1) is 9.34. The Bertz CT molecular complexity index is 230. The van der Waals surface area contributed by atoms with Crippen LogP contribution < -0.4 is 5.32 Å². The van der Waals surface area contributed by atoms with Crippen molar-refractivity contribution in [2.45, 2.75) is 24.5 Å². The second-order valence-electron chi connectivity index (χ2n) is 3.21. The standard InChI is InChI=1S/C9H14N2S2/c1-2-5-12-8(3-1)7-11-9-10-4-6-13-9/h4,6,8H,1-3,5,7H2,(H,10,11). The van der Waals surface area contributed by atoms with E-state index in [1.807, 2.05) is 11.6 Å². The zero-order valence-corrected chi connectivity index (χ0v) is 9.16. The van der Waals surface area contributed by atoms with Gasteiger partial charge >= 0.3 is 0 Å². The van der Waals surface area contributed by atoms with E-state index < -0.39 is 0 Å². The van der Waals surface area contributed by atoms with Crippen molar-refractivity contribution in [3.63, 3.8) is 0 Å². The van der Waals surface area contributed by atoms with Crippen molar-refractivity contribution in [1.82, 2.24) is 4.98 Å². The van der Waals surface area contributed by atoms with E-state index >= 15 is 0 Å². The molecule has 0 aliphatic carbocycles. The first-order valence-electron chi connectivity index (χ1n) is 4.70. The van der Waals surface area contributed by atoms with Gasteiger partial charge < -0.3 is 5.32 Å². The molecule has 1 aromatic rings. The van der Waals surface area contributed by atoms with Crippen LogP contribution in [0.2, 0.25) is 0 Å². The van der Waals surface area contributed by atoms with Crippen molar-refractivity contribution in [2.75, 3.05) is 17.6 Å². The maximum absolute atomic E-state index is 4.20. The molecule has 1 atom stereocenters. The van der Waals surface area contributed by atoms with Crippen molar-refractivity contribution < 1.29 is 0 Å². The lowest BCUT2D eigenvalue weighted by Gasteiger charge is -2.21. The minimum atomic E-state index is 0.803. The van der Waals surface area contributed by atoms with Crippen LogP contribution in [0, 0.1) is 0 Å². The minimum Gasteiger partial charge on any atom is -0.360 e. The highest BCUT2D eigenvalue weighted by Gasteiger charge is 2.13. The molecule has 1 N–H and O–H groups in total. The van der Waals surface area contributed by atoms with Gasteiger partial charge in [-0.2, -0.15) is 11.8 Å². The zero-order valence-electron chi connectivity index (χ0n) is 7.53. The van der Waals surface area contributed by atoms with Gasteiger partial charge in [0.15, 0.2) is 5.13 Å². The van der Waals surface area contributed by atoms with Crippen LogP contribution in [0.3, 0.4) is 0 Å². The van der Waals surface area contributed by atoms with Crippen molar-refractivity contribution in [1.29, 1.82) is 0 Å².